The fourth-order valence-electron chi connectivity index (χ4n) is 7.45. The van der Waals surface area contributed by atoms with Gasteiger partial charge in [-0.05, 0) is 12.8 Å². The van der Waals surface area contributed by atoms with Crippen LogP contribution in [0.3, 0.4) is 0 Å². The minimum absolute atomic E-state index is 0.203. The summed E-state index contributed by atoms with van der Waals surface area (Å²) in [6.45, 7) is 0.483. The Hall–Kier alpha value is -0.960. The van der Waals surface area contributed by atoms with E-state index in [4.69, 9.17) is 14.0 Å². The van der Waals surface area contributed by atoms with Crippen molar-refractivity contribution in [2.75, 3.05) is 39.6 Å². The fraction of sp³-hybridized carbons (Fsp3) is 0.959. The minimum Gasteiger partial charge on any atom is -0.463 e. The number of carbonyl (C=O) groups is 2. The number of aliphatic hydroxyl groups excluding tert-OH is 3. The molecule has 0 aromatic heterocycles. The molecule has 5 unspecified atom stereocenters. The van der Waals surface area contributed by atoms with Crippen LogP contribution in [0.2, 0.25) is 0 Å². The molecule has 0 fully saturated rings. The molecule has 15 nitrogen and oxygen atoms in total. The van der Waals surface area contributed by atoms with Crippen LogP contribution < -0.4 is 0 Å². The van der Waals surface area contributed by atoms with Gasteiger partial charge in [-0.15, -0.1) is 0 Å². The van der Waals surface area contributed by atoms with Crippen molar-refractivity contribution < 1.29 is 71.4 Å². The van der Waals surface area contributed by atoms with E-state index >= 15 is 0 Å². The fourth-order valence-corrected chi connectivity index (χ4v) is 9.04. The lowest BCUT2D eigenvalue weighted by Crippen LogP contribution is -2.25. The van der Waals surface area contributed by atoms with E-state index in [2.05, 4.69) is 27.4 Å². The van der Waals surface area contributed by atoms with Crippen molar-refractivity contribution >= 4 is 27.6 Å². The first-order chi connectivity index (χ1) is 31.8. The maximum absolute atomic E-state index is 12.2. The summed E-state index contributed by atoms with van der Waals surface area (Å²) in [6, 6.07) is 0. The summed E-state index contributed by atoms with van der Waals surface area (Å²) in [5.41, 5.74) is 0. The number of aliphatic hydroxyl groups is 3. The van der Waals surface area contributed by atoms with E-state index in [0.29, 0.717) is 12.8 Å². The van der Waals surface area contributed by atoms with Gasteiger partial charge in [0.15, 0.2) is 0 Å². The third-order valence-corrected chi connectivity index (χ3v) is 13.5. The molecule has 66 heavy (non-hydrogen) atoms. The van der Waals surface area contributed by atoms with E-state index in [0.717, 1.165) is 38.5 Å². The van der Waals surface area contributed by atoms with Crippen molar-refractivity contribution in [3.8, 4) is 0 Å². The zero-order chi connectivity index (χ0) is 48.8. The van der Waals surface area contributed by atoms with E-state index in [9.17, 15) is 43.8 Å². The molecule has 0 amide bonds. The third-order valence-electron chi connectivity index (χ3n) is 11.6. The number of carbonyl (C=O) groups excluding carboxylic acids is 2. The smallest absolute Gasteiger partial charge is 0.463 e. The Bertz CT molecular complexity index is 1200. The van der Waals surface area contributed by atoms with Crippen LogP contribution in [0.4, 0.5) is 0 Å². The van der Waals surface area contributed by atoms with Crippen molar-refractivity contribution in [1.82, 2.24) is 0 Å². The monoisotopic (exact) mass is 989 g/mol. The number of phosphoric acid groups is 2. The molecular formula is C49H98O15P2. The van der Waals surface area contributed by atoms with Crippen molar-refractivity contribution in [3.05, 3.63) is 0 Å². The number of esters is 2. The molecule has 17 heteroatoms. The first kappa shape index (κ1) is 65.0. The first-order valence-corrected chi connectivity index (χ1v) is 29.4. The Morgan fingerprint density at radius 2 is 0.515 bits per heavy atom. The number of hydrogen-bond donors (Lipinski definition) is 5. The van der Waals surface area contributed by atoms with E-state index in [1.807, 2.05) is 0 Å². The number of rotatable bonds is 52. The van der Waals surface area contributed by atoms with Gasteiger partial charge >= 0.3 is 27.6 Å². The second-order valence-corrected chi connectivity index (χ2v) is 21.2. The van der Waals surface area contributed by atoms with E-state index < -0.39 is 85.5 Å². The second-order valence-electron chi connectivity index (χ2n) is 18.3. The number of hydrogen-bond acceptors (Lipinski definition) is 13. The van der Waals surface area contributed by atoms with Crippen molar-refractivity contribution in [3.63, 3.8) is 0 Å². The molecule has 394 valence electrons. The highest BCUT2D eigenvalue weighted by Gasteiger charge is 2.28. The molecule has 0 rings (SSSR count). The molecule has 0 saturated carbocycles. The summed E-state index contributed by atoms with van der Waals surface area (Å²) in [5, 5.41) is 30.1. The zero-order valence-electron chi connectivity index (χ0n) is 41.6. The molecular weight excluding hydrogens is 890 g/mol. The Balaban J connectivity index is 3.79. The Morgan fingerprint density at radius 3 is 0.727 bits per heavy atom. The van der Waals surface area contributed by atoms with Gasteiger partial charge in [0.05, 0.1) is 26.4 Å². The van der Waals surface area contributed by atoms with Gasteiger partial charge in [0.1, 0.15) is 31.5 Å². The van der Waals surface area contributed by atoms with Crippen LogP contribution >= 0.6 is 15.6 Å². The Labute approximate surface area is 400 Å². The van der Waals surface area contributed by atoms with Gasteiger partial charge in [-0.25, -0.2) is 9.13 Å². The largest absolute Gasteiger partial charge is 0.472 e. The lowest BCUT2D eigenvalue weighted by molar-refractivity contribution is -0.148. The number of phosphoric ester groups is 2. The summed E-state index contributed by atoms with van der Waals surface area (Å²) < 4.78 is 53.1. The second kappa shape index (κ2) is 46.4. The average Bonchev–Trinajstić information content (AvgIpc) is 3.29. The van der Waals surface area contributed by atoms with Crippen LogP contribution in [-0.4, -0.2) is 95.0 Å². The summed E-state index contributed by atoms with van der Waals surface area (Å²) >= 11 is 0. The van der Waals surface area contributed by atoms with Crippen molar-refractivity contribution in [2.24, 2.45) is 0 Å². The molecule has 0 heterocycles. The molecule has 0 aromatic rings. The summed E-state index contributed by atoms with van der Waals surface area (Å²) in [7, 11) is -9.56. The lowest BCUT2D eigenvalue weighted by atomic mass is 10.0. The molecule has 5 N–H and O–H groups in total. The van der Waals surface area contributed by atoms with Crippen LogP contribution in [0.25, 0.3) is 0 Å². The SMILES string of the molecule is CCCCCCCCCCCCCCCCCCCCCCCC(=O)OCC(O)COP(=O)(O)OCC(O)COP(=O)(O)OCC(O)COC(=O)CCCCCCCCCCCCCCC. The average molecular weight is 989 g/mol. The van der Waals surface area contributed by atoms with E-state index in [-0.39, 0.29) is 12.8 Å². The Kier molecular flexibility index (Phi) is 45.7. The highest BCUT2D eigenvalue weighted by molar-refractivity contribution is 7.47. The van der Waals surface area contributed by atoms with Gasteiger partial charge in [-0.1, -0.05) is 219 Å². The van der Waals surface area contributed by atoms with Crippen molar-refractivity contribution in [2.45, 2.75) is 263 Å². The molecule has 5 atom stereocenters. The maximum Gasteiger partial charge on any atom is 0.472 e. The van der Waals surface area contributed by atoms with Crippen LogP contribution in [0, 0.1) is 0 Å². The highest BCUT2D eigenvalue weighted by atomic mass is 31.2. The van der Waals surface area contributed by atoms with Crippen LogP contribution in [0.1, 0.15) is 245 Å². The quantitative estimate of drug-likeness (QED) is 0.0217. The summed E-state index contributed by atoms with van der Waals surface area (Å²) in [6.07, 6.45) is 38.1. The lowest BCUT2D eigenvalue weighted by Gasteiger charge is -2.19. The topological polar surface area (TPSA) is 225 Å². The van der Waals surface area contributed by atoms with E-state index in [1.54, 1.807) is 0 Å². The predicted octanol–water partition coefficient (Wildman–Crippen LogP) is 12.5. The van der Waals surface area contributed by atoms with Crippen LogP contribution in [0.5, 0.6) is 0 Å². The number of unbranched alkanes of at least 4 members (excludes halogenated alkanes) is 32. The van der Waals surface area contributed by atoms with Gasteiger partial charge in [0.25, 0.3) is 0 Å². The molecule has 0 spiro atoms. The van der Waals surface area contributed by atoms with E-state index in [1.165, 1.54) is 167 Å². The molecule has 0 aliphatic heterocycles. The molecule has 0 aliphatic carbocycles. The normalized spacial score (nSPS) is 15.0. The first-order valence-electron chi connectivity index (χ1n) is 26.4. The summed E-state index contributed by atoms with van der Waals surface area (Å²) in [5.74, 6) is -0.981. The molecule has 0 saturated heterocycles. The molecule has 0 radical (unpaired) electrons. The number of ether oxygens (including phenoxy) is 2. The molecule has 0 bridgehead atoms. The standard InChI is InChI=1S/C49H98O15P2/c1-3-5-7-9-11-13-15-17-18-19-20-21-22-23-24-26-28-30-32-34-36-38-49(54)60-40-46(51)42-62-66(57,58)64-44-47(52)43-63-65(55,56)61-41-45(50)39-59-48(53)37-35-33-31-29-27-25-16-14-12-10-8-6-4-2/h45-47,50-52H,3-44H2,1-2H3,(H,55,56)(H,57,58). The zero-order valence-corrected chi connectivity index (χ0v) is 43.4. The molecule has 0 aromatic carbocycles. The van der Waals surface area contributed by atoms with Gasteiger partial charge in [-0.3, -0.25) is 27.7 Å². The van der Waals surface area contributed by atoms with Gasteiger partial charge in [-0.2, -0.15) is 0 Å². The molecule has 0 aliphatic rings. The van der Waals surface area contributed by atoms with Crippen molar-refractivity contribution in [1.29, 1.82) is 0 Å². The van der Waals surface area contributed by atoms with Gasteiger partial charge in [0, 0.05) is 12.8 Å². The third kappa shape index (κ3) is 48.1. The van der Waals surface area contributed by atoms with Gasteiger partial charge < -0.3 is 34.6 Å². The maximum atomic E-state index is 12.2. The minimum atomic E-state index is -4.78. The van der Waals surface area contributed by atoms with Crippen LogP contribution in [0.15, 0.2) is 0 Å². The van der Waals surface area contributed by atoms with Gasteiger partial charge in [0.2, 0.25) is 0 Å². The highest BCUT2D eigenvalue weighted by Crippen LogP contribution is 2.45. The summed E-state index contributed by atoms with van der Waals surface area (Å²) in [4.78, 5) is 43.8. The Morgan fingerprint density at radius 1 is 0.333 bits per heavy atom. The predicted molar refractivity (Wildman–Crippen MR) is 261 cm³/mol. The van der Waals surface area contributed by atoms with Crippen LogP contribution in [-0.2, 0) is 46.3 Å².